The van der Waals surface area contributed by atoms with E-state index in [1.54, 1.807) is 35.0 Å². The summed E-state index contributed by atoms with van der Waals surface area (Å²) in [7, 11) is 0. The molecule has 1 aromatic carbocycles. The van der Waals surface area contributed by atoms with Gasteiger partial charge in [0.2, 0.25) is 0 Å². The highest BCUT2D eigenvalue weighted by Crippen LogP contribution is 2.06. The molecule has 18 heavy (non-hydrogen) atoms. The van der Waals surface area contributed by atoms with Crippen molar-refractivity contribution in [2.45, 2.75) is 13.0 Å². The number of nitrogens with zero attached hydrogens (tertiary/aromatic N) is 1. The van der Waals surface area contributed by atoms with Crippen LogP contribution >= 0.6 is 0 Å². The molecule has 0 atom stereocenters. The van der Waals surface area contributed by atoms with Crippen LogP contribution in [-0.4, -0.2) is 15.6 Å². The van der Waals surface area contributed by atoms with Crippen LogP contribution in [0.2, 0.25) is 0 Å². The molecular formula is C14H13NO3. The lowest BCUT2D eigenvalue weighted by Gasteiger charge is -2.05. The molecule has 2 aromatic rings. The molecule has 0 radical (unpaired) electrons. The first-order valence-electron chi connectivity index (χ1n) is 5.60. The number of carboxylic acids is 1. The Morgan fingerprint density at radius 3 is 2.33 bits per heavy atom. The zero-order valence-corrected chi connectivity index (χ0v) is 9.74. The second kappa shape index (κ2) is 5.31. The number of aliphatic carboxylic acids is 1. The molecule has 0 aliphatic rings. The standard InChI is InChI=1S/C14H13NO3/c16-13-3-1-2-8-15(13)10-12-6-4-11(5-7-12)9-14(17)18/h1-8H,9-10H2,(H,17,18). The highest BCUT2D eigenvalue weighted by atomic mass is 16.4. The second-order valence-electron chi connectivity index (χ2n) is 4.05. The van der Waals surface area contributed by atoms with Gasteiger partial charge in [-0.15, -0.1) is 0 Å². The van der Waals surface area contributed by atoms with Crippen LogP contribution in [0.4, 0.5) is 0 Å². The zero-order chi connectivity index (χ0) is 13.0. The van der Waals surface area contributed by atoms with E-state index >= 15 is 0 Å². The number of carbonyl (C=O) groups is 1. The number of rotatable bonds is 4. The summed E-state index contributed by atoms with van der Waals surface area (Å²) in [6.45, 7) is 0.493. The predicted octanol–water partition coefficient (Wildman–Crippen LogP) is 1.52. The summed E-state index contributed by atoms with van der Waals surface area (Å²) in [6.07, 6.45) is 1.75. The summed E-state index contributed by atoms with van der Waals surface area (Å²) in [5.41, 5.74) is 1.68. The minimum absolute atomic E-state index is 0.0194. The van der Waals surface area contributed by atoms with Crippen molar-refractivity contribution < 1.29 is 9.90 Å². The number of pyridine rings is 1. The fourth-order valence-electron chi connectivity index (χ4n) is 1.73. The molecule has 0 saturated heterocycles. The van der Waals surface area contributed by atoms with Crippen molar-refractivity contribution in [3.63, 3.8) is 0 Å². The van der Waals surface area contributed by atoms with Gasteiger partial charge < -0.3 is 9.67 Å². The van der Waals surface area contributed by atoms with Crippen LogP contribution in [0.25, 0.3) is 0 Å². The average molecular weight is 243 g/mol. The van der Waals surface area contributed by atoms with Crippen molar-refractivity contribution in [3.05, 3.63) is 70.1 Å². The van der Waals surface area contributed by atoms with E-state index in [9.17, 15) is 9.59 Å². The summed E-state index contributed by atoms with van der Waals surface area (Å²) in [5, 5.41) is 8.66. The Morgan fingerprint density at radius 2 is 1.72 bits per heavy atom. The highest BCUT2D eigenvalue weighted by molar-refractivity contribution is 5.70. The van der Waals surface area contributed by atoms with E-state index in [0.717, 1.165) is 11.1 Å². The summed E-state index contributed by atoms with van der Waals surface area (Å²) in [4.78, 5) is 22.1. The number of benzene rings is 1. The molecule has 0 aliphatic heterocycles. The smallest absolute Gasteiger partial charge is 0.307 e. The van der Waals surface area contributed by atoms with E-state index in [2.05, 4.69) is 0 Å². The van der Waals surface area contributed by atoms with E-state index in [-0.39, 0.29) is 12.0 Å². The van der Waals surface area contributed by atoms with Crippen LogP contribution in [0.15, 0.2) is 53.5 Å². The Bertz CT molecular complexity index is 599. The van der Waals surface area contributed by atoms with Crippen molar-refractivity contribution >= 4 is 5.97 Å². The minimum Gasteiger partial charge on any atom is -0.481 e. The maximum atomic E-state index is 11.5. The van der Waals surface area contributed by atoms with E-state index in [1.165, 1.54) is 6.07 Å². The van der Waals surface area contributed by atoms with Gasteiger partial charge in [-0.25, -0.2) is 0 Å². The molecule has 0 saturated carbocycles. The SMILES string of the molecule is O=C(O)Cc1ccc(Cn2ccccc2=O)cc1. The number of carboxylic acid groups (broad SMARTS) is 1. The Balaban J connectivity index is 2.14. The van der Waals surface area contributed by atoms with Crippen molar-refractivity contribution in [1.29, 1.82) is 0 Å². The molecule has 0 aliphatic carbocycles. The van der Waals surface area contributed by atoms with Crippen LogP contribution in [0.1, 0.15) is 11.1 Å². The van der Waals surface area contributed by atoms with Gasteiger partial charge in [0, 0.05) is 12.3 Å². The van der Waals surface area contributed by atoms with Gasteiger partial charge in [0.05, 0.1) is 13.0 Å². The highest BCUT2D eigenvalue weighted by Gasteiger charge is 2.01. The molecule has 92 valence electrons. The lowest BCUT2D eigenvalue weighted by molar-refractivity contribution is -0.136. The van der Waals surface area contributed by atoms with Gasteiger partial charge in [0.1, 0.15) is 0 Å². The third-order valence-corrected chi connectivity index (χ3v) is 2.63. The van der Waals surface area contributed by atoms with Crippen molar-refractivity contribution in [1.82, 2.24) is 4.57 Å². The van der Waals surface area contributed by atoms with Crippen LogP contribution in [-0.2, 0) is 17.8 Å². The molecule has 0 unspecified atom stereocenters. The third kappa shape index (κ3) is 3.07. The molecule has 1 aromatic heterocycles. The minimum atomic E-state index is -0.845. The van der Waals surface area contributed by atoms with Crippen molar-refractivity contribution in [3.8, 4) is 0 Å². The Hall–Kier alpha value is -2.36. The average Bonchev–Trinajstić information content (AvgIpc) is 2.34. The Kier molecular flexibility index (Phi) is 3.57. The number of aromatic nitrogens is 1. The molecule has 1 heterocycles. The van der Waals surface area contributed by atoms with E-state index in [1.807, 2.05) is 12.1 Å². The fraction of sp³-hybridized carbons (Fsp3) is 0.143. The topological polar surface area (TPSA) is 59.3 Å². The molecule has 0 spiro atoms. The molecule has 4 nitrogen and oxygen atoms in total. The lowest BCUT2D eigenvalue weighted by atomic mass is 10.1. The van der Waals surface area contributed by atoms with Gasteiger partial charge in [-0.3, -0.25) is 9.59 Å². The number of hydrogen-bond donors (Lipinski definition) is 1. The Morgan fingerprint density at radius 1 is 1.06 bits per heavy atom. The van der Waals surface area contributed by atoms with Gasteiger partial charge >= 0.3 is 5.97 Å². The first-order valence-corrected chi connectivity index (χ1v) is 5.60. The fourth-order valence-corrected chi connectivity index (χ4v) is 1.73. The normalized spacial score (nSPS) is 10.2. The maximum absolute atomic E-state index is 11.5. The Labute approximate surface area is 104 Å². The van der Waals surface area contributed by atoms with Gasteiger partial charge in [0.25, 0.3) is 5.56 Å². The first-order chi connectivity index (χ1) is 8.65. The van der Waals surface area contributed by atoms with Crippen LogP contribution < -0.4 is 5.56 Å². The van der Waals surface area contributed by atoms with Gasteiger partial charge in [-0.2, -0.15) is 0 Å². The quantitative estimate of drug-likeness (QED) is 0.885. The van der Waals surface area contributed by atoms with Gasteiger partial charge in [-0.1, -0.05) is 30.3 Å². The molecule has 1 N–H and O–H groups in total. The molecular weight excluding hydrogens is 230 g/mol. The van der Waals surface area contributed by atoms with E-state index in [0.29, 0.717) is 6.54 Å². The van der Waals surface area contributed by atoms with E-state index < -0.39 is 5.97 Å². The molecule has 0 fully saturated rings. The van der Waals surface area contributed by atoms with Crippen LogP contribution in [0.3, 0.4) is 0 Å². The molecule has 0 bridgehead atoms. The predicted molar refractivity (Wildman–Crippen MR) is 67.6 cm³/mol. The van der Waals surface area contributed by atoms with Crippen LogP contribution in [0, 0.1) is 0 Å². The third-order valence-electron chi connectivity index (χ3n) is 2.63. The summed E-state index contributed by atoms with van der Waals surface area (Å²) in [6, 6.07) is 12.3. The van der Waals surface area contributed by atoms with Crippen molar-refractivity contribution in [2.24, 2.45) is 0 Å². The summed E-state index contributed by atoms with van der Waals surface area (Å²) in [5.74, 6) is -0.845. The number of hydrogen-bond acceptors (Lipinski definition) is 2. The molecule has 0 amide bonds. The zero-order valence-electron chi connectivity index (χ0n) is 9.74. The molecule has 4 heteroatoms. The van der Waals surface area contributed by atoms with Gasteiger partial charge in [-0.05, 0) is 17.2 Å². The largest absolute Gasteiger partial charge is 0.481 e. The monoisotopic (exact) mass is 243 g/mol. The molecule has 2 rings (SSSR count). The second-order valence-corrected chi connectivity index (χ2v) is 4.05. The van der Waals surface area contributed by atoms with Crippen molar-refractivity contribution in [2.75, 3.05) is 0 Å². The maximum Gasteiger partial charge on any atom is 0.307 e. The van der Waals surface area contributed by atoms with Gasteiger partial charge in [0.15, 0.2) is 0 Å². The lowest BCUT2D eigenvalue weighted by Crippen LogP contribution is -2.18. The van der Waals surface area contributed by atoms with Crippen LogP contribution in [0.5, 0.6) is 0 Å². The van der Waals surface area contributed by atoms with E-state index in [4.69, 9.17) is 5.11 Å². The summed E-state index contributed by atoms with van der Waals surface area (Å²) >= 11 is 0. The summed E-state index contributed by atoms with van der Waals surface area (Å²) < 4.78 is 1.60. The first kappa shape index (κ1) is 12.1.